The Kier molecular flexibility index (Phi) is 4.55. The van der Waals surface area contributed by atoms with Crippen LogP contribution in [0.5, 0.6) is 0 Å². The molecule has 3 rings (SSSR count). The van der Waals surface area contributed by atoms with E-state index in [-0.39, 0.29) is 18.0 Å². The summed E-state index contributed by atoms with van der Waals surface area (Å²) in [5.41, 5.74) is 0.707. The third-order valence-corrected chi connectivity index (χ3v) is 5.06. The van der Waals surface area contributed by atoms with Crippen LogP contribution in [0, 0.1) is 5.92 Å². The lowest BCUT2D eigenvalue weighted by molar-refractivity contribution is 0.0788. The lowest BCUT2D eigenvalue weighted by Crippen LogP contribution is -2.48. The molecule has 124 valence electrons. The van der Waals surface area contributed by atoms with Crippen molar-refractivity contribution in [2.75, 3.05) is 20.1 Å². The zero-order valence-corrected chi connectivity index (χ0v) is 13.9. The van der Waals surface area contributed by atoms with E-state index in [1.165, 1.54) is 12.8 Å². The lowest BCUT2D eigenvalue weighted by atomic mass is 10.2. The highest BCUT2D eigenvalue weighted by molar-refractivity contribution is 5.94. The van der Waals surface area contributed by atoms with Gasteiger partial charge in [-0.15, -0.1) is 0 Å². The van der Waals surface area contributed by atoms with Gasteiger partial charge in [0.15, 0.2) is 0 Å². The fraction of sp³-hybridized carbons (Fsp3) is 0.556. The van der Waals surface area contributed by atoms with Gasteiger partial charge in [0.2, 0.25) is 0 Å². The molecule has 1 saturated heterocycles. The second-order valence-corrected chi connectivity index (χ2v) is 6.74. The summed E-state index contributed by atoms with van der Waals surface area (Å²) in [6, 6.07) is 9.62. The normalized spacial score (nSPS) is 21.8. The Morgan fingerprint density at radius 2 is 1.91 bits per heavy atom. The van der Waals surface area contributed by atoms with Gasteiger partial charge in [0.25, 0.3) is 5.91 Å². The first kappa shape index (κ1) is 15.8. The maximum absolute atomic E-state index is 12.4. The monoisotopic (exact) mass is 315 g/mol. The van der Waals surface area contributed by atoms with E-state index in [0.29, 0.717) is 30.6 Å². The highest BCUT2D eigenvalue weighted by Crippen LogP contribution is 2.34. The average Bonchev–Trinajstić information content (AvgIpc) is 3.33. The van der Waals surface area contributed by atoms with Crippen molar-refractivity contribution in [3.05, 3.63) is 35.9 Å². The van der Waals surface area contributed by atoms with Gasteiger partial charge in [0.1, 0.15) is 0 Å². The summed E-state index contributed by atoms with van der Waals surface area (Å²) < 4.78 is 0. The first-order chi connectivity index (χ1) is 11.1. The first-order valence-corrected chi connectivity index (χ1v) is 8.44. The van der Waals surface area contributed by atoms with Crippen molar-refractivity contribution in [2.45, 2.75) is 38.3 Å². The molecule has 1 aromatic rings. The number of carbonyl (C=O) groups is 2. The molecule has 1 aliphatic heterocycles. The van der Waals surface area contributed by atoms with Gasteiger partial charge < -0.3 is 15.1 Å². The van der Waals surface area contributed by atoms with Crippen LogP contribution in [0.25, 0.3) is 0 Å². The topological polar surface area (TPSA) is 52.7 Å². The van der Waals surface area contributed by atoms with Gasteiger partial charge in [-0.2, -0.15) is 0 Å². The number of amides is 3. The molecule has 1 heterocycles. The molecule has 23 heavy (non-hydrogen) atoms. The lowest BCUT2D eigenvalue weighted by Gasteiger charge is -2.27. The van der Waals surface area contributed by atoms with Crippen LogP contribution in [-0.4, -0.2) is 54.0 Å². The second-order valence-electron chi connectivity index (χ2n) is 6.74. The predicted molar refractivity (Wildman–Crippen MR) is 89.2 cm³/mol. The van der Waals surface area contributed by atoms with Crippen molar-refractivity contribution < 1.29 is 9.59 Å². The summed E-state index contributed by atoms with van der Waals surface area (Å²) in [6.07, 6.45) is 3.26. The SMILES string of the molecule is CC(C1CC1)N(C)C(=O)NC1CCN(C(=O)c2ccccc2)C1. The quantitative estimate of drug-likeness (QED) is 0.927. The Morgan fingerprint density at radius 3 is 2.57 bits per heavy atom. The number of hydrogen-bond donors (Lipinski definition) is 1. The van der Waals surface area contributed by atoms with Gasteiger partial charge in [-0.1, -0.05) is 18.2 Å². The Hall–Kier alpha value is -2.04. The molecule has 1 N–H and O–H groups in total. The van der Waals surface area contributed by atoms with Crippen molar-refractivity contribution in [3.63, 3.8) is 0 Å². The Balaban J connectivity index is 1.51. The number of hydrogen-bond acceptors (Lipinski definition) is 2. The van der Waals surface area contributed by atoms with Crippen molar-refractivity contribution in [1.29, 1.82) is 0 Å². The van der Waals surface area contributed by atoms with Crippen molar-refractivity contribution in [1.82, 2.24) is 15.1 Å². The standard InChI is InChI=1S/C18H25N3O2/c1-13(14-8-9-14)20(2)18(23)19-16-10-11-21(12-16)17(22)15-6-4-3-5-7-15/h3-7,13-14,16H,8-12H2,1-2H3,(H,19,23). The van der Waals surface area contributed by atoms with Crippen molar-refractivity contribution in [2.24, 2.45) is 5.92 Å². The summed E-state index contributed by atoms with van der Waals surface area (Å²) in [5, 5.41) is 3.07. The molecule has 2 atom stereocenters. The van der Waals surface area contributed by atoms with E-state index in [4.69, 9.17) is 0 Å². The summed E-state index contributed by atoms with van der Waals surface area (Å²) in [6.45, 7) is 3.39. The minimum atomic E-state index is -0.0246. The van der Waals surface area contributed by atoms with Crippen LogP contribution in [0.3, 0.4) is 0 Å². The number of nitrogens with one attached hydrogen (secondary N) is 1. The molecule has 0 aromatic heterocycles. The molecule has 0 radical (unpaired) electrons. The molecular weight excluding hydrogens is 290 g/mol. The van der Waals surface area contributed by atoms with Crippen LogP contribution in [0.4, 0.5) is 4.79 Å². The molecule has 0 bridgehead atoms. The summed E-state index contributed by atoms with van der Waals surface area (Å²) >= 11 is 0. The van der Waals surface area contributed by atoms with E-state index in [2.05, 4.69) is 12.2 Å². The number of urea groups is 1. The molecule has 0 spiro atoms. The zero-order chi connectivity index (χ0) is 16.4. The van der Waals surface area contributed by atoms with Gasteiger partial charge >= 0.3 is 6.03 Å². The molecule has 3 amide bonds. The summed E-state index contributed by atoms with van der Waals surface area (Å²) in [4.78, 5) is 28.4. The number of likely N-dealkylation sites (tertiary alicyclic amines) is 1. The molecule has 2 fully saturated rings. The third kappa shape index (κ3) is 3.66. The molecule has 2 unspecified atom stereocenters. The van der Waals surface area contributed by atoms with Crippen molar-refractivity contribution in [3.8, 4) is 0 Å². The van der Waals surface area contributed by atoms with Gasteiger partial charge in [0, 0.05) is 37.8 Å². The Morgan fingerprint density at radius 1 is 1.22 bits per heavy atom. The molecule has 2 aliphatic rings. The summed E-state index contributed by atoms with van der Waals surface area (Å²) in [5.74, 6) is 0.701. The van der Waals surface area contributed by atoms with E-state index in [1.54, 1.807) is 4.90 Å². The van der Waals surface area contributed by atoms with Crippen molar-refractivity contribution >= 4 is 11.9 Å². The first-order valence-electron chi connectivity index (χ1n) is 8.44. The van der Waals surface area contributed by atoms with Crippen LogP contribution < -0.4 is 5.32 Å². The minimum Gasteiger partial charge on any atom is -0.337 e. The second kappa shape index (κ2) is 6.60. The fourth-order valence-electron chi connectivity index (χ4n) is 3.18. The van der Waals surface area contributed by atoms with E-state index >= 15 is 0 Å². The van der Waals surface area contributed by atoms with Crippen LogP contribution in [0.2, 0.25) is 0 Å². The van der Waals surface area contributed by atoms with Gasteiger partial charge in [-0.25, -0.2) is 4.79 Å². The van der Waals surface area contributed by atoms with E-state index < -0.39 is 0 Å². The Labute approximate surface area is 137 Å². The maximum Gasteiger partial charge on any atom is 0.317 e. The van der Waals surface area contributed by atoms with Gasteiger partial charge in [-0.3, -0.25) is 4.79 Å². The van der Waals surface area contributed by atoms with E-state index in [9.17, 15) is 9.59 Å². The van der Waals surface area contributed by atoms with Gasteiger partial charge in [-0.05, 0) is 44.2 Å². The van der Waals surface area contributed by atoms with Gasteiger partial charge in [0.05, 0.1) is 0 Å². The minimum absolute atomic E-state index is 0.0246. The average molecular weight is 315 g/mol. The third-order valence-electron chi connectivity index (χ3n) is 5.06. The van der Waals surface area contributed by atoms with Crippen LogP contribution in [0.15, 0.2) is 30.3 Å². The largest absolute Gasteiger partial charge is 0.337 e. The maximum atomic E-state index is 12.4. The van der Waals surface area contributed by atoms with Crippen LogP contribution in [-0.2, 0) is 0 Å². The smallest absolute Gasteiger partial charge is 0.317 e. The number of carbonyl (C=O) groups excluding carboxylic acids is 2. The van der Waals surface area contributed by atoms with Crippen LogP contribution >= 0.6 is 0 Å². The number of benzene rings is 1. The van der Waals surface area contributed by atoms with Crippen LogP contribution in [0.1, 0.15) is 36.5 Å². The Bertz CT molecular complexity index is 571. The number of rotatable bonds is 4. The molecule has 1 aliphatic carbocycles. The molecular formula is C18H25N3O2. The summed E-state index contributed by atoms with van der Waals surface area (Å²) in [7, 11) is 1.86. The molecule has 1 saturated carbocycles. The zero-order valence-electron chi connectivity index (χ0n) is 13.9. The number of nitrogens with zero attached hydrogens (tertiary/aromatic N) is 2. The van der Waals surface area contributed by atoms with E-state index in [0.717, 1.165) is 6.42 Å². The molecule has 5 heteroatoms. The highest BCUT2D eigenvalue weighted by atomic mass is 16.2. The molecule has 5 nitrogen and oxygen atoms in total. The fourth-order valence-corrected chi connectivity index (χ4v) is 3.18. The predicted octanol–water partition coefficient (Wildman–Crippen LogP) is 2.34. The highest BCUT2D eigenvalue weighted by Gasteiger charge is 2.34. The molecule has 1 aromatic carbocycles. The van der Waals surface area contributed by atoms with E-state index in [1.807, 2.05) is 42.3 Å².